The summed E-state index contributed by atoms with van der Waals surface area (Å²) in [5, 5.41) is 0. The summed E-state index contributed by atoms with van der Waals surface area (Å²) >= 11 is 0. The molecule has 0 unspecified atom stereocenters. The fourth-order valence-corrected chi connectivity index (χ4v) is 3.21. The largest absolute Gasteiger partial charge is 0.493 e. The zero-order valence-electron chi connectivity index (χ0n) is 15.4. The Labute approximate surface area is 142 Å². The molecule has 0 aliphatic carbocycles. The number of hydrogen-bond donors (Lipinski definition) is 1. The van der Waals surface area contributed by atoms with Gasteiger partial charge in [-0.1, -0.05) is 45.9 Å². The zero-order valence-corrected chi connectivity index (χ0v) is 15.4. The quantitative estimate of drug-likeness (QED) is 0.744. The second kappa shape index (κ2) is 9.29. The first-order valence-electron chi connectivity index (χ1n) is 9.26. The van der Waals surface area contributed by atoms with Gasteiger partial charge in [-0.25, -0.2) is 0 Å². The second-order valence-electron chi connectivity index (χ2n) is 7.24. The van der Waals surface area contributed by atoms with Crippen molar-refractivity contribution >= 4 is 0 Å². The Balaban J connectivity index is 1.84. The molecule has 130 valence electrons. The van der Waals surface area contributed by atoms with Crippen LogP contribution in [0, 0.1) is 0 Å². The summed E-state index contributed by atoms with van der Waals surface area (Å²) in [5.74, 6) is 2.14. The van der Waals surface area contributed by atoms with E-state index < -0.39 is 0 Å². The van der Waals surface area contributed by atoms with Crippen LogP contribution in [-0.2, 0) is 4.74 Å². The Morgan fingerprint density at radius 1 is 1.00 bits per heavy atom. The molecule has 1 aliphatic rings. The van der Waals surface area contributed by atoms with E-state index >= 15 is 0 Å². The van der Waals surface area contributed by atoms with Gasteiger partial charge in [-0.2, -0.15) is 0 Å². The fraction of sp³-hybridized carbons (Fsp3) is 0.700. The highest BCUT2D eigenvalue weighted by molar-refractivity contribution is 5.44. The van der Waals surface area contributed by atoms with E-state index in [2.05, 4.69) is 45.9 Å². The van der Waals surface area contributed by atoms with Gasteiger partial charge in [0.25, 0.3) is 0 Å². The molecule has 1 saturated heterocycles. The highest BCUT2D eigenvalue weighted by Crippen LogP contribution is 2.34. The lowest BCUT2D eigenvalue weighted by atomic mass is 9.94. The van der Waals surface area contributed by atoms with Crippen molar-refractivity contribution in [2.75, 3.05) is 39.5 Å². The molecule has 3 heteroatoms. The Hall–Kier alpha value is -1.06. The molecule has 23 heavy (non-hydrogen) atoms. The summed E-state index contributed by atoms with van der Waals surface area (Å²) in [5.41, 5.74) is 2.69. The van der Waals surface area contributed by atoms with E-state index in [0.717, 1.165) is 45.1 Å². The first kappa shape index (κ1) is 18.3. The molecule has 0 bridgehead atoms. The minimum atomic E-state index is 0.501. The maximum absolute atomic E-state index is 6.25. The van der Waals surface area contributed by atoms with Gasteiger partial charge in [-0.15, -0.1) is 0 Å². The molecule has 0 amide bonds. The van der Waals surface area contributed by atoms with Crippen molar-refractivity contribution in [2.24, 2.45) is 0 Å². The van der Waals surface area contributed by atoms with Crippen LogP contribution in [0.5, 0.6) is 5.75 Å². The maximum atomic E-state index is 6.25. The van der Waals surface area contributed by atoms with Gasteiger partial charge in [0.15, 0.2) is 0 Å². The maximum Gasteiger partial charge on any atom is 0.126 e. The average molecular weight is 320 g/mol. The first-order chi connectivity index (χ1) is 11.1. The van der Waals surface area contributed by atoms with Gasteiger partial charge in [0.1, 0.15) is 18.8 Å². The number of benzene rings is 1. The molecule has 1 aliphatic heterocycles. The van der Waals surface area contributed by atoms with E-state index in [-0.39, 0.29) is 0 Å². The molecule has 1 N–H and O–H groups in total. The normalized spacial score (nSPS) is 16.3. The van der Waals surface area contributed by atoms with Crippen molar-refractivity contribution in [1.29, 1.82) is 0 Å². The number of hydrogen-bond acceptors (Lipinski definition) is 2. The molecule has 0 atom stereocenters. The average Bonchev–Trinajstić information content (AvgIpc) is 2.55. The summed E-state index contributed by atoms with van der Waals surface area (Å²) in [6, 6.07) is 6.59. The third-order valence-electron chi connectivity index (χ3n) is 4.69. The molecule has 1 aromatic carbocycles. The molecule has 0 aromatic heterocycles. The van der Waals surface area contributed by atoms with Crippen molar-refractivity contribution in [3.05, 3.63) is 29.3 Å². The number of rotatable bonds is 8. The summed E-state index contributed by atoms with van der Waals surface area (Å²) in [6.45, 7) is 15.2. The minimum Gasteiger partial charge on any atom is -0.493 e. The van der Waals surface area contributed by atoms with Crippen LogP contribution >= 0.6 is 0 Å². The lowest BCUT2D eigenvalue weighted by Gasteiger charge is -2.24. The number of nitrogens with one attached hydrogen (secondary N) is 1. The second-order valence-corrected chi connectivity index (χ2v) is 7.24. The van der Waals surface area contributed by atoms with Crippen LogP contribution in [-0.4, -0.2) is 39.5 Å². The lowest BCUT2D eigenvalue weighted by molar-refractivity contribution is -0.908. The van der Waals surface area contributed by atoms with Gasteiger partial charge in [0, 0.05) is 0 Å². The monoisotopic (exact) mass is 320 g/mol. The molecular formula is C20H34NO2+. The van der Waals surface area contributed by atoms with Crippen molar-refractivity contribution in [1.82, 2.24) is 0 Å². The topological polar surface area (TPSA) is 22.9 Å². The molecule has 1 aromatic rings. The predicted molar refractivity (Wildman–Crippen MR) is 95.7 cm³/mol. The van der Waals surface area contributed by atoms with Crippen molar-refractivity contribution in [2.45, 2.75) is 52.4 Å². The summed E-state index contributed by atoms with van der Waals surface area (Å²) in [4.78, 5) is 1.68. The summed E-state index contributed by atoms with van der Waals surface area (Å²) < 4.78 is 11.7. The molecule has 0 spiro atoms. The smallest absolute Gasteiger partial charge is 0.126 e. The number of quaternary nitrogens is 1. The Bertz CT molecular complexity index is 438. The molecule has 2 rings (SSSR count). The van der Waals surface area contributed by atoms with Crippen molar-refractivity contribution in [3.8, 4) is 5.75 Å². The van der Waals surface area contributed by atoms with Gasteiger partial charge in [0.05, 0.1) is 26.4 Å². The molecule has 0 radical (unpaired) electrons. The van der Waals surface area contributed by atoms with Crippen LogP contribution in [0.1, 0.15) is 63.5 Å². The van der Waals surface area contributed by atoms with Gasteiger partial charge >= 0.3 is 0 Å². The molecular weight excluding hydrogens is 286 g/mol. The SMILES string of the molecule is CC(C)c1cccc(C(C)C)c1OCCCC[NH+]1CCOCC1. The minimum absolute atomic E-state index is 0.501. The predicted octanol–water partition coefficient (Wildman–Crippen LogP) is 3.01. The third-order valence-corrected chi connectivity index (χ3v) is 4.69. The number of morpholine rings is 1. The number of para-hydroxylation sites is 1. The fourth-order valence-electron chi connectivity index (χ4n) is 3.21. The summed E-state index contributed by atoms with van der Waals surface area (Å²) in [6.07, 6.45) is 2.37. The van der Waals surface area contributed by atoms with E-state index in [0.29, 0.717) is 11.8 Å². The highest BCUT2D eigenvalue weighted by Gasteiger charge is 2.15. The standard InChI is InChI=1S/C20H33NO2/c1-16(2)18-8-7-9-19(17(3)4)20(18)23-13-6-5-10-21-11-14-22-15-12-21/h7-9,16-17H,5-6,10-15H2,1-4H3/p+1. The van der Waals surface area contributed by atoms with Crippen LogP contribution in [0.25, 0.3) is 0 Å². The number of unbranched alkanes of at least 4 members (excludes halogenated alkanes) is 1. The highest BCUT2D eigenvalue weighted by atomic mass is 16.5. The Morgan fingerprint density at radius 3 is 2.17 bits per heavy atom. The third kappa shape index (κ3) is 5.50. The number of ether oxygens (including phenoxy) is 2. The van der Waals surface area contributed by atoms with Gasteiger partial charge < -0.3 is 14.4 Å². The van der Waals surface area contributed by atoms with Gasteiger partial charge in [-0.05, 0) is 35.8 Å². The van der Waals surface area contributed by atoms with E-state index in [1.165, 1.54) is 24.1 Å². The molecule has 1 fully saturated rings. The van der Waals surface area contributed by atoms with Crippen LogP contribution in [0.4, 0.5) is 0 Å². The first-order valence-corrected chi connectivity index (χ1v) is 9.26. The lowest BCUT2D eigenvalue weighted by Crippen LogP contribution is -3.14. The molecule has 1 heterocycles. The Kier molecular flexibility index (Phi) is 7.38. The van der Waals surface area contributed by atoms with E-state index in [9.17, 15) is 0 Å². The van der Waals surface area contributed by atoms with E-state index in [1.54, 1.807) is 4.90 Å². The zero-order chi connectivity index (χ0) is 16.7. The molecule has 3 nitrogen and oxygen atoms in total. The molecule has 0 saturated carbocycles. The van der Waals surface area contributed by atoms with Crippen LogP contribution < -0.4 is 9.64 Å². The van der Waals surface area contributed by atoms with Gasteiger partial charge in [-0.3, -0.25) is 0 Å². The van der Waals surface area contributed by atoms with Gasteiger partial charge in [0.2, 0.25) is 0 Å². The van der Waals surface area contributed by atoms with Crippen LogP contribution in [0.3, 0.4) is 0 Å². The van der Waals surface area contributed by atoms with Crippen molar-refractivity contribution < 1.29 is 14.4 Å². The van der Waals surface area contributed by atoms with Crippen molar-refractivity contribution in [3.63, 3.8) is 0 Å². The van der Waals surface area contributed by atoms with E-state index in [1.807, 2.05) is 0 Å². The summed E-state index contributed by atoms with van der Waals surface area (Å²) in [7, 11) is 0. The van der Waals surface area contributed by atoms with Crippen LogP contribution in [0.15, 0.2) is 18.2 Å². The van der Waals surface area contributed by atoms with Crippen LogP contribution in [0.2, 0.25) is 0 Å². The van der Waals surface area contributed by atoms with E-state index in [4.69, 9.17) is 9.47 Å². The Morgan fingerprint density at radius 2 is 1.61 bits per heavy atom.